The Morgan fingerprint density at radius 1 is 1.11 bits per heavy atom. The minimum Gasteiger partial charge on any atom is -0.351 e. The average molecular weight is 389 g/mol. The smallest absolute Gasteiger partial charge is 0.251 e. The molecule has 0 bridgehead atoms. The third-order valence-electron chi connectivity index (χ3n) is 3.83. The molecule has 10 heteroatoms. The number of benzene rings is 2. The molecule has 3 aromatic rings. The van der Waals surface area contributed by atoms with Gasteiger partial charge in [0.05, 0.1) is 16.3 Å². The van der Waals surface area contributed by atoms with Gasteiger partial charge >= 0.3 is 0 Å². The van der Waals surface area contributed by atoms with Crippen molar-refractivity contribution in [2.24, 2.45) is 0 Å². The standard InChI is InChI=1S/C17H16FN5O3S/c1-12-20-21-22-23(12)15-6-2-13(3-7-15)17(24)19-10-11-27(25,26)16-8-4-14(18)5-9-16/h2-9H,10-11H2,1H3,(H,19,24). The first-order valence-corrected chi connectivity index (χ1v) is 9.64. The highest BCUT2D eigenvalue weighted by Crippen LogP contribution is 2.12. The van der Waals surface area contributed by atoms with E-state index in [1.165, 1.54) is 16.8 Å². The van der Waals surface area contributed by atoms with Crippen LogP contribution in [0.15, 0.2) is 53.4 Å². The van der Waals surface area contributed by atoms with Crippen LogP contribution < -0.4 is 5.32 Å². The Morgan fingerprint density at radius 3 is 2.37 bits per heavy atom. The molecule has 140 valence electrons. The molecule has 0 aliphatic heterocycles. The van der Waals surface area contributed by atoms with Gasteiger partial charge in [-0.05, 0) is 65.9 Å². The number of nitrogens with one attached hydrogen (secondary N) is 1. The van der Waals surface area contributed by atoms with Crippen LogP contribution in [0.4, 0.5) is 4.39 Å². The number of carbonyl (C=O) groups is 1. The van der Waals surface area contributed by atoms with E-state index in [0.29, 0.717) is 17.1 Å². The maximum atomic E-state index is 12.9. The molecule has 0 radical (unpaired) electrons. The maximum Gasteiger partial charge on any atom is 0.251 e. The SMILES string of the molecule is Cc1nnnn1-c1ccc(C(=O)NCCS(=O)(=O)c2ccc(F)cc2)cc1. The molecule has 2 aromatic carbocycles. The molecule has 0 aliphatic carbocycles. The zero-order chi connectivity index (χ0) is 19.4. The number of nitrogens with zero attached hydrogens (tertiary/aromatic N) is 4. The second-order valence-electron chi connectivity index (χ2n) is 5.71. The minimum absolute atomic E-state index is 0.0133. The van der Waals surface area contributed by atoms with E-state index < -0.39 is 21.6 Å². The Bertz CT molecular complexity index is 1050. The van der Waals surface area contributed by atoms with Gasteiger partial charge in [-0.1, -0.05) is 0 Å². The number of aryl methyl sites for hydroxylation is 1. The molecular weight excluding hydrogens is 373 g/mol. The van der Waals surface area contributed by atoms with Crippen molar-refractivity contribution < 1.29 is 17.6 Å². The Kier molecular flexibility index (Phi) is 5.26. The lowest BCUT2D eigenvalue weighted by molar-refractivity contribution is 0.0956. The summed E-state index contributed by atoms with van der Waals surface area (Å²) in [5.41, 5.74) is 1.08. The number of hydrogen-bond acceptors (Lipinski definition) is 6. The summed E-state index contributed by atoms with van der Waals surface area (Å²) in [6.45, 7) is 1.69. The van der Waals surface area contributed by atoms with E-state index in [0.717, 1.165) is 12.1 Å². The van der Waals surface area contributed by atoms with Crippen molar-refractivity contribution >= 4 is 15.7 Å². The lowest BCUT2D eigenvalue weighted by atomic mass is 10.2. The number of halogens is 1. The van der Waals surface area contributed by atoms with Crippen LogP contribution in [-0.4, -0.2) is 46.8 Å². The summed E-state index contributed by atoms with van der Waals surface area (Å²) in [6, 6.07) is 11.1. The molecule has 3 rings (SSSR count). The van der Waals surface area contributed by atoms with Crippen LogP contribution >= 0.6 is 0 Å². The Hall–Kier alpha value is -3.14. The molecule has 1 heterocycles. The maximum absolute atomic E-state index is 12.9. The molecule has 0 spiro atoms. The summed E-state index contributed by atoms with van der Waals surface area (Å²) in [5.74, 6) is -0.586. The molecule has 8 nitrogen and oxygen atoms in total. The molecule has 0 fully saturated rings. The van der Waals surface area contributed by atoms with Gasteiger partial charge in [-0.15, -0.1) is 5.10 Å². The van der Waals surface area contributed by atoms with Gasteiger partial charge in [0.15, 0.2) is 15.7 Å². The van der Waals surface area contributed by atoms with Crippen LogP contribution in [0.2, 0.25) is 0 Å². The molecule has 0 unspecified atom stereocenters. The fourth-order valence-corrected chi connectivity index (χ4v) is 3.54. The van der Waals surface area contributed by atoms with Crippen LogP contribution in [0, 0.1) is 12.7 Å². The monoisotopic (exact) mass is 389 g/mol. The second-order valence-corrected chi connectivity index (χ2v) is 7.82. The van der Waals surface area contributed by atoms with Crippen LogP contribution in [0.1, 0.15) is 16.2 Å². The summed E-state index contributed by atoms with van der Waals surface area (Å²) in [4.78, 5) is 12.2. The molecule has 0 aliphatic rings. The third-order valence-corrected chi connectivity index (χ3v) is 5.56. The van der Waals surface area contributed by atoms with Crippen molar-refractivity contribution in [3.05, 3.63) is 65.7 Å². The fraction of sp³-hybridized carbons (Fsp3) is 0.176. The molecule has 1 amide bonds. The summed E-state index contributed by atoms with van der Waals surface area (Å²) in [5, 5.41) is 13.7. The molecule has 1 N–H and O–H groups in total. The fourth-order valence-electron chi connectivity index (χ4n) is 2.39. The van der Waals surface area contributed by atoms with E-state index in [-0.39, 0.29) is 17.2 Å². The normalized spacial score (nSPS) is 11.3. The van der Waals surface area contributed by atoms with Gasteiger partial charge in [-0.2, -0.15) is 4.68 Å². The van der Waals surface area contributed by atoms with Crippen molar-refractivity contribution in [1.29, 1.82) is 0 Å². The molecule has 1 aromatic heterocycles. The van der Waals surface area contributed by atoms with Gasteiger partial charge < -0.3 is 5.32 Å². The zero-order valence-corrected chi connectivity index (χ0v) is 15.1. The molecule has 0 saturated heterocycles. The first kappa shape index (κ1) is 18.6. The van der Waals surface area contributed by atoms with E-state index in [4.69, 9.17) is 0 Å². The first-order valence-electron chi connectivity index (χ1n) is 7.99. The molecule has 27 heavy (non-hydrogen) atoms. The predicted octanol–water partition coefficient (Wildman–Crippen LogP) is 1.31. The van der Waals surface area contributed by atoms with Crippen molar-refractivity contribution in [3.8, 4) is 5.69 Å². The van der Waals surface area contributed by atoms with Gasteiger partial charge in [0.25, 0.3) is 5.91 Å². The lowest BCUT2D eigenvalue weighted by Gasteiger charge is -2.08. The number of tetrazole rings is 1. The first-order chi connectivity index (χ1) is 12.9. The third kappa shape index (κ3) is 4.34. The highest BCUT2D eigenvalue weighted by Gasteiger charge is 2.15. The van der Waals surface area contributed by atoms with Gasteiger partial charge in [-0.25, -0.2) is 12.8 Å². The van der Waals surface area contributed by atoms with Gasteiger partial charge in [0.1, 0.15) is 5.82 Å². The van der Waals surface area contributed by atoms with Gasteiger partial charge in [0.2, 0.25) is 0 Å². The van der Waals surface area contributed by atoms with Crippen LogP contribution in [-0.2, 0) is 9.84 Å². The summed E-state index contributed by atoms with van der Waals surface area (Å²) < 4.78 is 38.8. The lowest BCUT2D eigenvalue weighted by Crippen LogP contribution is -2.29. The molecule has 0 atom stereocenters. The van der Waals surface area contributed by atoms with E-state index in [1.54, 1.807) is 31.2 Å². The van der Waals surface area contributed by atoms with Crippen LogP contribution in [0.25, 0.3) is 5.69 Å². The Balaban J connectivity index is 1.59. The van der Waals surface area contributed by atoms with Gasteiger partial charge in [0, 0.05) is 12.1 Å². The molecular formula is C17H16FN5O3S. The van der Waals surface area contributed by atoms with Crippen molar-refractivity contribution in [3.63, 3.8) is 0 Å². The van der Waals surface area contributed by atoms with E-state index in [1.807, 2.05) is 0 Å². The zero-order valence-electron chi connectivity index (χ0n) is 14.3. The predicted molar refractivity (Wildman–Crippen MR) is 94.7 cm³/mol. The summed E-state index contributed by atoms with van der Waals surface area (Å²) in [6.07, 6.45) is 0. The highest BCUT2D eigenvalue weighted by molar-refractivity contribution is 7.91. The van der Waals surface area contributed by atoms with Gasteiger partial charge in [-0.3, -0.25) is 4.79 Å². The number of carbonyl (C=O) groups excluding carboxylic acids is 1. The summed E-state index contributed by atoms with van der Waals surface area (Å²) >= 11 is 0. The number of hydrogen-bond donors (Lipinski definition) is 1. The van der Waals surface area contributed by atoms with E-state index in [9.17, 15) is 17.6 Å². The number of sulfone groups is 1. The Labute approximate surface area is 154 Å². The van der Waals surface area contributed by atoms with Crippen LogP contribution in [0.3, 0.4) is 0 Å². The minimum atomic E-state index is -3.60. The largest absolute Gasteiger partial charge is 0.351 e. The highest BCUT2D eigenvalue weighted by atomic mass is 32.2. The molecule has 0 saturated carbocycles. The van der Waals surface area contributed by atoms with E-state index in [2.05, 4.69) is 20.8 Å². The van der Waals surface area contributed by atoms with Crippen molar-refractivity contribution in [2.45, 2.75) is 11.8 Å². The second kappa shape index (κ2) is 7.62. The topological polar surface area (TPSA) is 107 Å². The van der Waals surface area contributed by atoms with Crippen LogP contribution in [0.5, 0.6) is 0 Å². The quantitative estimate of drug-likeness (QED) is 0.637. The van der Waals surface area contributed by atoms with Crippen molar-refractivity contribution in [2.75, 3.05) is 12.3 Å². The number of aromatic nitrogens is 4. The summed E-state index contributed by atoms with van der Waals surface area (Å²) in [7, 11) is -3.60. The van der Waals surface area contributed by atoms with E-state index >= 15 is 0 Å². The Morgan fingerprint density at radius 2 is 1.78 bits per heavy atom. The average Bonchev–Trinajstić information content (AvgIpc) is 3.08. The van der Waals surface area contributed by atoms with Crippen molar-refractivity contribution in [1.82, 2.24) is 25.5 Å². The number of rotatable bonds is 6. The number of amides is 1.